The van der Waals surface area contributed by atoms with Crippen LogP contribution in [0.4, 0.5) is 0 Å². The minimum atomic E-state index is 0.0402. The summed E-state index contributed by atoms with van der Waals surface area (Å²) in [6.07, 6.45) is 2.44. The molecule has 0 atom stereocenters. The Balaban J connectivity index is 1.59. The van der Waals surface area contributed by atoms with E-state index < -0.39 is 0 Å². The molecule has 0 aliphatic heterocycles. The van der Waals surface area contributed by atoms with Crippen LogP contribution < -0.4 is 9.47 Å². The Kier molecular flexibility index (Phi) is 6.05. The lowest BCUT2D eigenvalue weighted by Crippen LogP contribution is -2.00. The minimum Gasteiger partial charge on any atom is -0.493 e. The van der Waals surface area contributed by atoms with Gasteiger partial charge >= 0.3 is 0 Å². The third-order valence-electron chi connectivity index (χ3n) is 4.91. The summed E-state index contributed by atoms with van der Waals surface area (Å²) in [4.78, 5) is 12.6. The molecule has 0 spiro atoms. The van der Waals surface area contributed by atoms with Gasteiger partial charge in [-0.05, 0) is 41.5 Å². The van der Waals surface area contributed by atoms with Gasteiger partial charge in [-0.2, -0.15) is 0 Å². The number of fused-ring (bicyclic) bond motifs is 1. The summed E-state index contributed by atoms with van der Waals surface area (Å²) in [6, 6.07) is 16.4. The number of hydrogen-bond acceptors (Lipinski definition) is 3. The molecule has 1 aliphatic carbocycles. The molecule has 3 nitrogen and oxygen atoms in total. The van der Waals surface area contributed by atoms with E-state index in [1.54, 1.807) is 37.4 Å². The molecule has 30 heavy (non-hydrogen) atoms. The van der Waals surface area contributed by atoms with Crippen LogP contribution in [0, 0.1) is 0 Å². The van der Waals surface area contributed by atoms with Crippen LogP contribution in [-0.4, -0.2) is 12.9 Å². The predicted molar refractivity (Wildman–Crippen MR) is 121 cm³/mol. The van der Waals surface area contributed by atoms with E-state index >= 15 is 0 Å². The quantitative estimate of drug-likeness (QED) is 0.383. The van der Waals surface area contributed by atoms with Gasteiger partial charge in [0.25, 0.3) is 0 Å². The van der Waals surface area contributed by atoms with Crippen molar-refractivity contribution in [2.75, 3.05) is 7.11 Å². The van der Waals surface area contributed by atoms with Gasteiger partial charge in [-0.25, -0.2) is 0 Å². The zero-order valence-corrected chi connectivity index (χ0v) is 18.3. The molecule has 0 N–H and O–H groups in total. The van der Waals surface area contributed by atoms with Gasteiger partial charge in [0, 0.05) is 33.2 Å². The number of methoxy groups -OCH3 is 1. The van der Waals surface area contributed by atoms with Gasteiger partial charge < -0.3 is 9.47 Å². The second kappa shape index (κ2) is 8.73. The van der Waals surface area contributed by atoms with Gasteiger partial charge in [0.2, 0.25) is 0 Å². The Morgan fingerprint density at radius 1 is 1.00 bits per heavy atom. The number of allylic oxidation sites excluding steroid dienone is 1. The van der Waals surface area contributed by atoms with Crippen molar-refractivity contribution in [2.24, 2.45) is 0 Å². The number of Topliss-reactive ketones (excluding diaryl/α,β-unsaturated/α-hetero) is 1. The van der Waals surface area contributed by atoms with E-state index in [-0.39, 0.29) is 12.4 Å². The molecule has 3 aromatic carbocycles. The maximum Gasteiger partial charge on any atom is 0.189 e. The highest BCUT2D eigenvalue weighted by Gasteiger charge is 2.24. The van der Waals surface area contributed by atoms with Crippen LogP contribution in [0.5, 0.6) is 11.5 Å². The maximum atomic E-state index is 12.6. The second-order valence-corrected chi connectivity index (χ2v) is 8.14. The molecule has 0 heterocycles. The van der Waals surface area contributed by atoms with Crippen molar-refractivity contribution in [3.05, 3.63) is 97.5 Å². The first-order valence-corrected chi connectivity index (χ1v) is 10.4. The number of hydrogen-bond donors (Lipinski definition) is 0. The highest BCUT2D eigenvalue weighted by Crippen LogP contribution is 2.38. The molecular formula is C24H17Cl3O3. The lowest BCUT2D eigenvalue weighted by atomic mass is 10.1. The second-order valence-electron chi connectivity index (χ2n) is 6.89. The van der Waals surface area contributed by atoms with Gasteiger partial charge in [-0.1, -0.05) is 65.1 Å². The number of halogens is 3. The van der Waals surface area contributed by atoms with Gasteiger partial charge in [0.15, 0.2) is 17.3 Å². The molecule has 1 aliphatic rings. The summed E-state index contributed by atoms with van der Waals surface area (Å²) < 4.78 is 11.4. The molecule has 4 rings (SSSR count). The Hall–Kier alpha value is -2.46. The Bertz CT molecular complexity index is 1170. The SMILES string of the molecule is COc1cc(/C=C2\Cc3ccccc3C2=O)cc(Cl)c1OCc1ccc(Cl)cc1Cl. The average Bonchev–Trinajstić information content (AvgIpc) is 3.03. The number of benzene rings is 3. The third kappa shape index (κ3) is 4.20. The topological polar surface area (TPSA) is 35.5 Å². The summed E-state index contributed by atoms with van der Waals surface area (Å²) in [5.74, 6) is 0.925. The number of ketones is 1. The van der Waals surface area contributed by atoms with E-state index in [2.05, 4.69) is 0 Å². The molecule has 0 aromatic heterocycles. The summed E-state index contributed by atoms with van der Waals surface area (Å²) >= 11 is 18.6. The zero-order chi connectivity index (χ0) is 21.3. The van der Waals surface area contributed by atoms with Crippen LogP contribution in [-0.2, 0) is 13.0 Å². The largest absolute Gasteiger partial charge is 0.493 e. The predicted octanol–water partition coefficient (Wildman–Crippen LogP) is 7.06. The number of carbonyl (C=O) groups excluding carboxylic acids is 1. The van der Waals surface area contributed by atoms with Crippen molar-refractivity contribution >= 4 is 46.7 Å². The van der Waals surface area contributed by atoms with E-state index in [9.17, 15) is 4.79 Å². The fourth-order valence-corrected chi connectivity index (χ4v) is 4.16. The molecule has 0 bridgehead atoms. The number of rotatable bonds is 5. The smallest absolute Gasteiger partial charge is 0.189 e. The van der Waals surface area contributed by atoms with Crippen LogP contribution in [0.1, 0.15) is 27.0 Å². The summed E-state index contributed by atoms with van der Waals surface area (Å²) in [6.45, 7) is 0.209. The van der Waals surface area contributed by atoms with E-state index in [4.69, 9.17) is 44.3 Å². The van der Waals surface area contributed by atoms with Crippen LogP contribution in [0.2, 0.25) is 15.1 Å². The molecule has 0 unspecified atom stereocenters. The van der Waals surface area contributed by atoms with Gasteiger partial charge in [-0.3, -0.25) is 4.79 Å². The molecular weight excluding hydrogens is 443 g/mol. The normalized spacial score (nSPS) is 14.1. The lowest BCUT2D eigenvalue weighted by molar-refractivity contribution is 0.104. The van der Waals surface area contributed by atoms with E-state index in [1.165, 1.54) is 0 Å². The van der Waals surface area contributed by atoms with E-state index in [0.29, 0.717) is 33.0 Å². The standard InChI is InChI=1S/C24H17Cl3O3/c1-29-22-10-14(8-17-11-15-4-2-3-5-19(15)23(17)28)9-21(27)24(22)30-13-16-6-7-18(25)12-20(16)26/h2-10,12H,11,13H2,1H3/b17-8+. The zero-order valence-electron chi connectivity index (χ0n) is 16.0. The number of ether oxygens (including phenoxy) is 2. The lowest BCUT2D eigenvalue weighted by Gasteiger charge is -2.14. The molecule has 3 aromatic rings. The van der Waals surface area contributed by atoms with Crippen LogP contribution in [0.3, 0.4) is 0 Å². The Morgan fingerprint density at radius 3 is 2.53 bits per heavy atom. The van der Waals surface area contributed by atoms with Gasteiger partial charge in [0.1, 0.15) is 6.61 Å². The van der Waals surface area contributed by atoms with Crippen molar-refractivity contribution in [1.29, 1.82) is 0 Å². The highest BCUT2D eigenvalue weighted by atomic mass is 35.5. The molecule has 0 saturated carbocycles. The van der Waals surface area contributed by atoms with Gasteiger partial charge in [0.05, 0.1) is 12.1 Å². The first-order chi connectivity index (χ1) is 14.5. The van der Waals surface area contributed by atoms with Crippen LogP contribution in [0.25, 0.3) is 6.08 Å². The first kappa shape index (κ1) is 20.8. The first-order valence-electron chi connectivity index (χ1n) is 9.23. The summed E-state index contributed by atoms with van der Waals surface area (Å²) in [5.41, 5.74) is 4.05. The van der Waals surface area contributed by atoms with E-state index in [0.717, 1.165) is 27.8 Å². The number of carbonyl (C=O) groups is 1. The summed E-state index contributed by atoms with van der Waals surface area (Å²) in [5, 5.41) is 1.45. The van der Waals surface area contributed by atoms with Crippen molar-refractivity contribution in [3.63, 3.8) is 0 Å². The molecule has 0 saturated heterocycles. The van der Waals surface area contributed by atoms with Gasteiger partial charge in [-0.15, -0.1) is 0 Å². The minimum absolute atomic E-state index is 0.0402. The molecule has 0 amide bonds. The van der Waals surface area contributed by atoms with Crippen molar-refractivity contribution in [1.82, 2.24) is 0 Å². The molecule has 0 radical (unpaired) electrons. The van der Waals surface area contributed by atoms with Crippen LogP contribution >= 0.6 is 34.8 Å². The average molecular weight is 460 g/mol. The van der Waals surface area contributed by atoms with Crippen molar-refractivity contribution < 1.29 is 14.3 Å². The highest BCUT2D eigenvalue weighted by molar-refractivity contribution is 6.35. The molecule has 6 heteroatoms. The fourth-order valence-electron chi connectivity index (χ4n) is 3.42. The van der Waals surface area contributed by atoms with Crippen LogP contribution in [0.15, 0.2) is 60.2 Å². The summed E-state index contributed by atoms with van der Waals surface area (Å²) in [7, 11) is 1.54. The van der Waals surface area contributed by atoms with E-state index in [1.807, 2.05) is 30.3 Å². The molecule has 152 valence electrons. The monoisotopic (exact) mass is 458 g/mol. The molecule has 0 fully saturated rings. The Morgan fingerprint density at radius 2 is 1.80 bits per heavy atom. The van der Waals surface area contributed by atoms with Crippen molar-refractivity contribution in [2.45, 2.75) is 13.0 Å². The maximum absolute atomic E-state index is 12.6. The Labute approximate surface area is 189 Å². The van der Waals surface area contributed by atoms with Crippen molar-refractivity contribution in [3.8, 4) is 11.5 Å². The fraction of sp³-hybridized carbons (Fsp3) is 0.125. The third-order valence-corrected chi connectivity index (χ3v) is 5.78.